The largest absolute Gasteiger partial charge is 0.310 e. The van der Waals surface area contributed by atoms with Crippen LogP contribution in [0.1, 0.15) is 18.0 Å². The van der Waals surface area contributed by atoms with Crippen molar-refractivity contribution in [1.29, 1.82) is 0 Å². The Morgan fingerprint density at radius 1 is 1.50 bits per heavy atom. The molecule has 1 aliphatic heterocycles. The molecule has 1 fully saturated rings. The molecule has 2 heterocycles. The lowest BCUT2D eigenvalue weighted by Crippen LogP contribution is -2.35. The number of pyridine rings is 1. The molecule has 1 aromatic heterocycles. The van der Waals surface area contributed by atoms with Crippen molar-refractivity contribution in [2.75, 3.05) is 6.54 Å². The Morgan fingerprint density at radius 2 is 2.25 bits per heavy atom. The van der Waals surface area contributed by atoms with Crippen molar-refractivity contribution in [1.82, 2.24) is 10.3 Å². The average Bonchev–Trinajstić information content (AvgIpc) is 1.93. The number of aromatic nitrogens is 1. The van der Waals surface area contributed by atoms with Crippen LogP contribution in [0.2, 0.25) is 0 Å². The second kappa shape index (κ2) is 2.79. The summed E-state index contributed by atoms with van der Waals surface area (Å²) in [5.41, 5.74) is 0.722. The lowest BCUT2D eigenvalue weighted by molar-refractivity contribution is 0.377. The van der Waals surface area contributed by atoms with Gasteiger partial charge in [0.2, 0.25) is 5.95 Å². The lowest BCUT2D eigenvalue weighted by atomic mass is 10.00. The molecule has 0 aliphatic carbocycles. The van der Waals surface area contributed by atoms with E-state index < -0.39 is 11.8 Å². The first-order valence-corrected chi connectivity index (χ1v) is 3.81. The van der Waals surface area contributed by atoms with E-state index >= 15 is 0 Å². The van der Waals surface area contributed by atoms with Gasteiger partial charge in [0, 0.05) is 12.2 Å². The summed E-state index contributed by atoms with van der Waals surface area (Å²) in [6, 6.07) is 1.35. The number of rotatable bonds is 1. The minimum absolute atomic E-state index is 0.160. The number of nitrogens with one attached hydrogen (secondary N) is 1. The third-order valence-electron chi connectivity index (χ3n) is 2.04. The van der Waals surface area contributed by atoms with Crippen LogP contribution in [0, 0.1) is 11.8 Å². The van der Waals surface area contributed by atoms with Gasteiger partial charge < -0.3 is 5.32 Å². The minimum Gasteiger partial charge on any atom is -0.310 e. The van der Waals surface area contributed by atoms with E-state index in [9.17, 15) is 8.78 Å². The first-order valence-electron chi connectivity index (χ1n) is 3.81. The highest BCUT2D eigenvalue weighted by Gasteiger charge is 2.19. The van der Waals surface area contributed by atoms with E-state index in [0.29, 0.717) is 0 Å². The van der Waals surface area contributed by atoms with Crippen molar-refractivity contribution in [3.8, 4) is 0 Å². The first-order chi connectivity index (χ1) is 5.77. The van der Waals surface area contributed by atoms with Crippen molar-refractivity contribution < 1.29 is 8.78 Å². The van der Waals surface area contributed by atoms with Crippen molar-refractivity contribution in [2.24, 2.45) is 0 Å². The van der Waals surface area contributed by atoms with Crippen LogP contribution in [-0.4, -0.2) is 11.5 Å². The monoisotopic (exact) mass is 170 g/mol. The standard InChI is InChI=1S/C8H8F2N2/c9-6-3-5(4-12-8(6)10)7-1-2-11-7/h3-4,7,11H,1-2H2/t7-/m1/s1. The molecule has 64 valence electrons. The van der Waals surface area contributed by atoms with Crippen LogP contribution in [0.5, 0.6) is 0 Å². The summed E-state index contributed by atoms with van der Waals surface area (Å²) in [5.74, 6) is -1.90. The van der Waals surface area contributed by atoms with E-state index in [0.717, 1.165) is 18.5 Å². The van der Waals surface area contributed by atoms with Crippen LogP contribution >= 0.6 is 0 Å². The highest BCUT2D eigenvalue weighted by molar-refractivity contribution is 5.17. The zero-order valence-electron chi connectivity index (χ0n) is 6.35. The number of hydrogen-bond donors (Lipinski definition) is 1. The van der Waals surface area contributed by atoms with Crippen LogP contribution in [-0.2, 0) is 0 Å². The molecule has 0 radical (unpaired) electrons. The Hall–Kier alpha value is -1.03. The molecule has 2 nitrogen and oxygen atoms in total. The van der Waals surface area contributed by atoms with Crippen molar-refractivity contribution in [3.63, 3.8) is 0 Å². The van der Waals surface area contributed by atoms with Crippen molar-refractivity contribution >= 4 is 0 Å². The molecule has 0 saturated carbocycles. The second-order valence-corrected chi connectivity index (χ2v) is 2.84. The second-order valence-electron chi connectivity index (χ2n) is 2.84. The van der Waals surface area contributed by atoms with E-state index in [2.05, 4.69) is 10.3 Å². The Bertz CT molecular complexity index is 297. The fourth-order valence-corrected chi connectivity index (χ4v) is 1.20. The topological polar surface area (TPSA) is 24.9 Å². The molecule has 1 aromatic rings. The summed E-state index contributed by atoms with van der Waals surface area (Å²) in [7, 11) is 0. The fraction of sp³-hybridized carbons (Fsp3) is 0.375. The van der Waals surface area contributed by atoms with E-state index in [1.807, 2.05) is 0 Å². The summed E-state index contributed by atoms with van der Waals surface area (Å²) in [6.45, 7) is 0.934. The molecule has 4 heteroatoms. The predicted octanol–water partition coefficient (Wildman–Crippen LogP) is 1.39. The van der Waals surface area contributed by atoms with Crippen LogP contribution in [0.3, 0.4) is 0 Å². The van der Waals surface area contributed by atoms with E-state index in [-0.39, 0.29) is 6.04 Å². The Morgan fingerprint density at radius 3 is 2.75 bits per heavy atom. The van der Waals surface area contributed by atoms with Crippen molar-refractivity contribution in [3.05, 3.63) is 29.6 Å². The maximum Gasteiger partial charge on any atom is 0.248 e. The molecule has 0 spiro atoms. The third-order valence-corrected chi connectivity index (χ3v) is 2.04. The summed E-state index contributed by atoms with van der Waals surface area (Å²) < 4.78 is 25.0. The molecule has 0 amide bonds. The quantitative estimate of drug-likeness (QED) is 0.644. The van der Waals surface area contributed by atoms with Gasteiger partial charge in [0.1, 0.15) is 0 Å². The fourth-order valence-electron chi connectivity index (χ4n) is 1.20. The number of halogens is 2. The highest BCUT2D eigenvalue weighted by atomic mass is 19.2. The van der Waals surface area contributed by atoms with Gasteiger partial charge in [0.05, 0.1) is 0 Å². The first kappa shape index (κ1) is 7.61. The maximum atomic E-state index is 12.6. The smallest absolute Gasteiger partial charge is 0.248 e. The molecule has 1 atom stereocenters. The molecular formula is C8H8F2N2. The molecule has 0 aromatic carbocycles. The van der Waals surface area contributed by atoms with Crippen LogP contribution < -0.4 is 5.32 Å². The number of hydrogen-bond acceptors (Lipinski definition) is 2. The summed E-state index contributed by atoms with van der Waals surface area (Å²) >= 11 is 0. The average molecular weight is 170 g/mol. The molecule has 0 unspecified atom stereocenters. The van der Waals surface area contributed by atoms with Gasteiger partial charge in [0.15, 0.2) is 5.82 Å². The SMILES string of the molecule is Fc1cc([C@H]2CCN2)cnc1F. The van der Waals surface area contributed by atoms with Crippen LogP contribution in [0.25, 0.3) is 0 Å². The van der Waals surface area contributed by atoms with Crippen LogP contribution in [0.4, 0.5) is 8.78 Å². The van der Waals surface area contributed by atoms with E-state index in [1.54, 1.807) is 0 Å². The molecule has 12 heavy (non-hydrogen) atoms. The van der Waals surface area contributed by atoms with E-state index in [4.69, 9.17) is 0 Å². The van der Waals surface area contributed by atoms with Gasteiger partial charge in [-0.25, -0.2) is 9.37 Å². The Kier molecular flexibility index (Phi) is 1.77. The molecule has 1 saturated heterocycles. The minimum atomic E-state index is -1.03. The highest BCUT2D eigenvalue weighted by Crippen LogP contribution is 2.22. The molecule has 0 bridgehead atoms. The van der Waals surface area contributed by atoms with Crippen molar-refractivity contribution in [2.45, 2.75) is 12.5 Å². The van der Waals surface area contributed by atoms with Gasteiger partial charge in [0.25, 0.3) is 0 Å². The van der Waals surface area contributed by atoms with E-state index in [1.165, 1.54) is 12.3 Å². The molecule has 2 rings (SSSR count). The summed E-state index contributed by atoms with van der Waals surface area (Å²) in [5, 5.41) is 3.08. The third kappa shape index (κ3) is 1.18. The normalized spacial score (nSPS) is 22.0. The zero-order valence-corrected chi connectivity index (χ0v) is 6.35. The molecular weight excluding hydrogens is 162 g/mol. The Labute approximate surface area is 68.6 Å². The lowest BCUT2D eigenvalue weighted by Gasteiger charge is -2.27. The summed E-state index contributed by atoms with van der Waals surface area (Å²) in [4.78, 5) is 3.30. The van der Waals surface area contributed by atoms with Gasteiger partial charge in [-0.1, -0.05) is 0 Å². The maximum absolute atomic E-state index is 12.6. The number of nitrogens with zero attached hydrogens (tertiary/aromatic N) is 1. The molecule has 1 N–H and O–H groups in total. The van der Waals surface area contributed by atoms with Gasteiger partial charge in [-0.15, -0.1) is 0 Å². The van der Waals surface area contributed by atoms with Gasteiger partial charge >= 0.3 is 0 Å². The summed E-state index contributed by atoms with van der Waals surface area (Å²) in [6.07, 6.45) is 2.34. The van der Waals surface area contributed by atoms with Crippen LogP contribution in [0.15, 0.2) is 12.3 Å². The van der Waals surface area contributed by atoms with Gasteiger partial charge in [-0.3, -0.25) is 0 Å². The van der Waals surface area contributed by atoms with Gasteiger partial charge in [-0.05, 0) is 24.6 Å². The zero-order chi connectivity index (χ0) is 8.55. The molecule has 1 aliphatic rings. The predicted molar refractivity (Wildman–Crippen MR) is 39.5 cm³/mol. The van der Waals surface area contributed by atoms with Gasteiger partial charge in [-0.2, -0.15) is 4.39 Å². The Balaban J connectivity index is 2.27.